The van der Waals surface area contributed by atoms with Crippen molar-refractivity contribution in [2.75, 3.05) is 18.6 Å². The maximum absolute atomic E-state index is 12.7. The average molecular weight is 978 g/mol. The molecule has 69 heavy (non-hydrogen) atoms. The fraction of sp³-hybridized carbons (Fsp3) is 0.180. The third-order valence-corrected chi connectivity index (χ3v) is 10.9. The number of aliphatic hydroxyl groups excluding tert-OH is 1. The number of aromatic nitrogens is 6. The molecule has 7 N–H and O–H groups in total. The first-order chi connectivity index (χ1) is 31.8. The van der Waals surface area contributed by atoms with Crippen molar-refractivity contribution < 1.29 is 44.5 Å². The number of ether oxygens (including phenoxy) is 1. The van der Waals surface area contributed by atoms with Crippen molar-refractivity contribution in [2.45, 2.75) is 53.8 Å². The van der Waals surface area contributed by atoms with E-state index in [9.17, 15) is 19.5 Å². The van der Waals surface area contributed by atoms with E-state index in [0.29, 0.717) is 86.4 Å². The summed E-state index contributed by atoms with van der Waals surface area (Å²) in [6.45, 7) is 4.26. The Labute approximate surface area is 433 Å². The van der Waals surface area contributed by atoms with Gasteiger partial charge in [-0.2, -0.15) is 0 Å². The molecule has 0 aliphatic heterocycles. The van der Waals surface area contributed by atoms with Crippen molar-refractivity contribution in [3.63, 3.8) is 0 Å². The molecule has 8 aromatic rings. The molecule has 2 amide bonds. The summed E-state index contributed by atoms with van der Waals surface area (Å²) in [6.07, 6.45) is 7.15. The smallest absolute Gasteiger partial charge is 1.00 e. The van der Waals surface area contributed by atoms with Crippen molar-refractivity contribution in [3.05, 3.63) is 187 Å². The monoisotopic (exact) mass is 976 g/mol. The van der Waals surface area contributed by atoms with Crippen molar-refractivity contribution in [1.82, 2.24) is 40.5 Å². The second-order valence-corrected chi connectivity index (χ2v) is 16.1. The first-order valence-corrected chi connectivity index (χ1v) is 21.3. The summed E-state index contributed by atoms with van der Waals surface area (Å²) < 4.78 is 4.92. The molecule has 6 heterocycles. The van der Waals surface area contributed by atoms with Crippen LogP contribution in [0.2, 0.25) is 10.0 Å². The Morgan fingerprint density at radius 3 is 1.58 bits per heavy atom. The summed E-state index contributed by atoms with van der Waals surface area (Å²) in [5, 5.41) is 18.1. The molecule has 0 atom stereocenters. The number of carbonyl (C=O) groups excluding carboxylic acids is 3. The number of rotatable bonds is 12. The molecule has 0 aliphatic rings. The zero-order valence-corrected chi connectivity index (χ0v) is 38.6. The van der Waals surface area contributed by atoms with Gasteiger partial charge in [0.2, 0.25) is 0 Å². The Morgan fingerprint density at radius 1 is 0.652 bits per heavy atom. The quantitative estimate of drug-likeness (QED) is 0.0861. The van der Waals surface area contributed by atoms with Crippen LogP contribution in [0, 0.1) is 13.8 Å². The minimum atomic E-state index is -0.491. The number of nitrogen functional groups attached to an aromatic ring is 2. The van der Waals surface area contributed by atoms with Gasteiger partial charge in [0.25, 0.3) is 11.8 Å². The predicted molar refractivity (Wildman–Crippen MR) is 272 cm³/mol. The van der Waals surface area contributed by atoms with Gasteiger partial charge in [-0.05, 0) is 103 Å². The second kappa shape index (κ2) is 25.2. The molecule has 0 unspecified atom stereocenters. The van der Waals surface area contributed by atoms with Crippen LogP contribution in [0.5, 0.6) is 0 Å². The van der Waals surface area contributed by atoms with Gasteiger partial charge in [-0.25, -0.2) is 14.8 Å². The van der Waals surface area contributed by atoms with Gasteiger partial charge in [0.15, 0.2) is 17.4 Å². The van der Waals surface area contributed by atoms with E-state index < -0.39 is 5.97 Å². The van der Waals surface area contributed by atoms with E-state index in [1.54, 1.807) is 67.1 Å². The molecule has 0 radical (unpaired) electrons. The number of aliphatic hydroxyl groups is 1. The number of pyridine rings is 6. The number of aryl methyl sites for hydroxylation is 2. The average Bonchev–Trinajstić information content (AvgIpc) is 3.30. The largest absolute Gasteiger partial charge is 1.00 e. The molecule has 19 heteroatoms. The van der Waals surface area contributed by atoms with Crippen LogP contribution in [-0.4, -0.2) is 77.3 Å². The Bertz CT molecular complexity index is 3160. The summed E-state index contributed by atoms with van der Waals surface area (Å²) in [6, 6.07) is 25.0. The minimum Gasteiger partial charge on any atom is -1.00 e. The van der Waals surface area contributed by atoms with E-state index >= 15 is 0 Å². The van der Waals surface area contributed by atoms with Crippen LogP contribution in [-0.2, 0) is 37.3 Å². The normalized spacial score (nSPS) is 10.4. The van der Waals surface area contributed by atoms with Gasteiger partial charge in [0.1, 0.15) is 11.6 Å². The molecule has 0 aliphatic carbocycles. The number of hydrogen-bond donors (Lipinski definition) is 5. The van der Waals surface area contributed by atoms with E-state index in [1.807, 2.05) is 50.2 Å². The van der Waals surface area contributed by atoms with Crippen molar-refractivity contribution in [3.8, 4) is 0 Å². The number of nitrogens with two attached hydrogens (primary N) is 2. The molecule has 0 bridgehead atoms. The number of methoxy groups -OCH3 is 1. The molecule has 6 aromatic heterocycles. The number of nitrogens with one attached hydrogen (secondary N) is 2. The predicted octanol–water partition coefficient (Wildman–Crippen LogP) is 4.03. The summed E-state index contributed by atoms with van der Waals surface area (Å²) in [5.41, 5.74) is 21.1. The zero-order chi connectivity index (χ0) is 46.9. The van der Waals surface area contributed by atoms with Crippen molar-refractivity contribution in [2.24, 2.45) is 0 Å². The molecule has 8 rings (SSSR count). The van der Waals surface area contributed by atoms with Gasteiger partial charge >= 0.3 is 24.8 Å². The molecule has 0 spiro atoms. The SMILES string of the molecule is C.COC(=O)c1cc(Cc2cc(C(=O)NCc3ccc(N)nc3C)ccn2)cc2cc(Cl)cnc12.Cc1nc(N)ccc1CNC(=O)c1ccnc(Cc2cc(CO)c3ncc(Cl)cc3c2)c1.[AlH3].[H-].[Li+]. The Kier molecular flexibility index (Phi) is 20.2. The topological polar surface area (TPSA) is 234 Å². The molecular formula is C50H52AlCl2LiN10O5. The summed E-state index contributed by atoms with van der Waals surface area (Å²) in [5.74, 6) is -0.0313. The number of amides is 2. The number of esters is 1. The van der Waals surface area contributed by atoms with Crippen LogP contribution in [0.15, 0.2) is 110 Å². The number of fused-ring (bicyclic) bond motifs is 2. The van der Waals surface area contributed by atoms with Gasteiger partial charge in [0, 0.05) is 101 Å². The Morgan fingerprint density at radius 2 is 1.12 bits per heavy atom. The zero-order valence-electron chi connectivity index (χ0n) is 38.1. The first kappa shape index (κ1) is 55.1. The second-order valence-electron chi connectivity index (χ2n) is 15.3. The number of benzene rings is 2. The van der Waals surface area contributed by atoms with Crippen LogP contribution in [0.25, 0.3) is 21.8 Å². The molecule has 0 saturated heterocycles. The first-order valence-electron chi connectivity index (χ1n) is 20.5. The van der Waals surface area contributed by atoms with Gasteiger partial charge < -0.3 is 33.4 Å². The van der Waals surface area contributed by atoms with Crippen LogP contribution >= 0.6 is 23.2 Å². The van der Waals surface area contributed by atoms with Gasteiger partial charge in [-0.15, -0.1) is 0 Å². The fourth-order valence-corrected chi connectivity index (χ4v) is 7.57. The molecule has 0 saturated carbocycles. The van der Waals surface area contributed by atoms with E-state index in [1.165, 1.54) is 13.3 Å². The Hall–Kier alpha value is -6.46. The number of nitrogens with zero attached hydrogens (tertiary/aromatic N) is 6. The van der Waals surface area contributed by atoms with E-state index in [4.69, 9.17) is 39.4 Å². The van der Waals surface area contributed by atoms with E-state index in [-0.39, 0.29) is 63.5 Å². The van der Waals surface area contributed by atoms with Crippen LogP contribution in [0.4, 0.5) is 11.6 Å². The summed E-state index contributed by atoms with van der Waals surface area (Å²) in [4.78, 5) is 63.5. The van der Waals surface area contributed by atoms with Crippen LogP contribution in [0.1, 0.15) is 90.5 Å². The standard InChI is InChI=1S/C25H22ClN5O3.C24H22ClN5O2.CH4.Al.Li.4H/c1-14-17(3-4-22(27)31-14)12-30-24(32)16-5-6-28-20(11-16)8-15-7-18-10-19(26)13-29-23(18)21(9-15)25(33)34-2;1-14-17(2-3-22(26)30-14)11-29-24(32)16-4-5-27-21(10-16)8-15-6-18-9-20(25)12-28-23(18)19(7-15)13-31;;;;;;;/h3-7,9-11,13H,8,12H2,1-2H3,(H2,27,31)(H,30,32);2-7,9-10,12,31H,8,11,13H2,1H3,(H2,26,30)(H,29,32);1H4;;;;;;/q;;;;+1;;;;-1. The number of anilines is 2. The third kappa shape index (κ3) is 14.3. The Balaban J connectivity index is 0.000000351. The maximum atomic E-state index is 12.7. The van der Waals surface area contributed by atoms with Crippen LogP contribution in [0.3, 0.4) is 0 Å². The number of carbonyl (C=O) groups is 3. The van der Waals surface area contributed by atoms with Crippen molar-refractivity contribution >= 4 is 91.8 Å². The van der Waals surface area contributed by atoms with Gasteiger partial charge in [-0.1, -0.05) is 48.8 Å². The third-order valence-electron chi connectivity index (χ3n) is 10.5. The minimum absolute atomic E-state index is 0. The number of hydrogen-bond acceptors (Lipinski definition) is 13. The van der Waals surface area contributed by atoms with E-state index in [0.717, 1.165) is 50.3 Å². The molecular weight excluding hydrogens is 925 g/mol. The van der Waals surface area contributed by atoms with Gasteiger partial charge in [0.05, 0.1) is 40.4 Å². The van der Waals surface area contributed by atoms with E-state index in [2.05, 4.69) is 40.5 Å². The van der Waals surface area contributed by atoms with Crippen molar-refractivity contribution in [1.29, 1.82) is 0 Å². The molecule has 350 valence electrons. The van der Waals surface area contributed by atoms with Gasteiger partial charge in [-0.3, -0.25) is 29.5 Å². The summed E-state index contributed by atoms with van der Waals surface area (Å²) in [7, 11) is 1.32. The maximum Gasteiger partial charge on any atom is 1.00 e. The molecule has 15 nitrogen and oxygen atoms in total. The fourth-order valence-electron chi connectivity index (χ4n) is 7.24. The summed E-state index contributed by atoms with van der Waals surface area (Å²) >= 11 is 12.2. The number of halogens is 2. The molecule has 0 fully saturated rings. The molecule has 2 aromatic carbocycles. The van der Waals surface area contributed by atoms with Crippen LogP contribution < -0.4 is 41.0 Å².